The lowest BCUT2D eigenvalue weighted by molar-refractivity contribution is -0.109. The molecule has 0 bridgehead atoms. The maximum Gasteiger partial charge on any atom is 0.279 e. The summed E-state index contributed by atoms with van der Waals surface area (Å²) >= 11 is 0. The molecule has 1 aliphatic heterocycles. The van der Waals surface area contributed by atoms with E-state index in [-0.39, 0.29) is 34.8 Å². The fraction of sp³-hybridized carbons (Fsp3) is 0.227. The quantitative estimate of drug-likeness (QED) is 0.530. The highest BCUT2D eigenvalue weighted by atomic mass is 32.2. The molecule has 0 saturated carbocycles. The number of anilines is 1. The average molecular weight is 456 g/mol. The molecule has 1 aromatic carbocycles. The molecule has 168 valence electrons. The highest BCUT2D eigenvalue weighted by Crippen LogP contribution is 2.29. The summed E-state index contributed by atoms with van der Waals surface area (Å²) in [5.74, 6) is -0.229. The van der Waals surface area contributed by atoms with Crippen molar-refractivity contribution in [3.05, 3.63) is 75.7 Å². The van der Waals surface area contributed by atoms with Gasteiger partial charge in [0, 0.05) is 17.8 Å². The first-order valence-corrected chi connectivity index (χ1v) is 11.5. The van der Waals surface area contributed by atoms with E-state index in [0.717, 1.165) is 0 Å². The van der Waals surface area contributed by atoms with Crippen LogP contribution in [0.1, 0.15) is 18.2 Å². The summed E-state index contributed by atoms with van der Waals surface area (Å²) in [6.45, 7) is 7.44. The fourth-order valence-electron chi connectivity index (χ4n) is 3.62. The first-order chi connectivity index (χ1) is 15.1. The van der Waals surface area contributed by atoms with Gasteiger partial charge in [0.25, 0.3) is 5.56 Å². The van der Waals surface area contributed by atoms with Gasteiger partial charge in [0.2, 0.25) is 6.41 Å². The Kier molecular flexibility index (Phi) is 6.35. The van der Waals surface area contributed by atoms with Crippen molar-refractivity contribution in [1.29, 1.82) is 0 Å². The molecule has 2 heterocycles. The zero-order chi connectivity index (χ0) is 23.6. The highest BCUT2D eigenvalue weighted by Gasteiger charge is 2.29. The summed E-state index contributed by atoms with van der Waals surface area (Å²) in [5, 5.41) is 2.55. The number of aryl methyl sites for hydroxylation is 1. The number of benzene rings is 1. The number of rotatable bonds is 7. The summed E-state index contributed by atoms with van der Waals surface area (Å²) < 4.78 is 27.3. The van der Waals surface area contributed by atoms with Crippen LogP contribution < -0.4 is 22.3 Å². The number of carbonyl (C=O) groups excluding carboxylic acids is 1. The number of hydrogen-bond acceptors (Lipinski definition) is 7. The number of dihydropyridines is 1. The lowest BCUT2D eigenvalue weighted by Crippen LogP contribution is -2.37. The molecule has 1 amide bonds. The normalized spacial score (nSPS) is 16.6. The van der Waals surface area contributed by atoms with Crippen LogP contribution in [-0.2, 0) is 20.4 Å². The zero-order valence-electron chi connectivity index (χ0n) is 17.8. The number of amides is 1. The molecule has 0 aliphatic carbocycles. The first kappa shape index (κ1) is 23.0. The molecule has 2 aromatic rings. The molecule has 5 N–H and O–H groups in total. The van der Waals surface area contributed by atoms with Crippen molar-refractivity contribution in [3.63, 3.8) is 0 Å². The Morgan fingerprint density at radius 2 is 1.91 bits per heavy atom. The molecule has 0 spiro atoms. The van der Waals surface area contributed by atoms with Crippen LogP contribution >= 0.6 is 0 Å². The Labute approximate surface area is 186 Å². The van der Waals surface area contributed by atoms with Crippen LogP contribution in [0, 0.1) is 6.92 Å². The largest absolute Gasteiger partial charge is 0.393 e. The minimum atomic E-state index is -3.89. The fourth-order valence-corrected chi connectivity index (χ4v) is 5.18. The van der Waals surface area contributed by atoms with Gasteiger partial charge < -0.3 is 16.8 Å². The Morgan fingerprint density at radius 3 is 2.53 bits per heavy atom. The number of carbonyl (C=O) groups is 1. The smallest absolute Gasteiger partial charge is 0.279 e. The number of pyridine rings is 1. The molecular weight excluding hydrogens is 430 g/mol. The van der Waals surface area contributed by atoms with Crippen molar-refractivity contribution >= 4 is 33.5 Å². The van der Waals surface area contributed by atoms with E-state index in [1.165, 1.54) is 10.6 Å². The van der Waals surface area contributed by atoms with E-state index in [2.05, 4.69) is 16.9 Å². The third-order valence-corrected chi connectivity index (χ3v) is 6.99. The van der Waals surface area contributed by atoms with Crippen LogP contribution in [0.15, 0.2) is 68.8 Å². The lowest BCUT2D eigenvalue weighted by Gasteiger charge is -2.27. The van der Waals surface area contributed by atoms with Gasteiger partial charge in [-0.2, -0.15) is 0 Å². The SMILES string of the molecule is C=C1C(CNC=O)=C(n2c(C)cc(S(=O)(=O)Cc3ccccc3)c(N)c2=O)C(N)=NC1C. The van der Waals surface area contributed by atoms with E-state index in [1.54, 1.807) is 44.2 Å². The van der Waals surface area contributed by atoms with Gasteiger partial charge in [-0.1, -0.05) is 36.9 Å². The third-order valence-electron chi connectivity index (χ3n) is 5.27. The number of nitrogen functional groups attached to an aromatic ring is 1. The van der Waals surface area contributed by atoms with Crippen molar-refractivity contribution < 1.29 is 13.2 Å². The maximum atomic E-state index is 13.3. The van der Waals surface area contributed by atoms with Gasteiger partial charge in [0.1, 0.15) is 11.5 Å². The molecule has 1 unspecified atom stereocenters. The van der Waals surface area contributed by atoms with Crippen LogP contribution in [0.2, 0.25) is 0 Å². The number of nitrogens with zero attached hydrogens (tertiary/aromatic N) is 2. The molecular formula is C22H25N5O4S. The van der Waals surface area contributed by atoms with E-state index >= 15 is 0 Å². The van der Waals surface area contributed by atoms with Gasteiger partial charge in [-0.3, -0.25) is 19.1 Å². The summed E-state index contributed by atoms with van der Waals surface area (Å²) in [5.41, 5.74) is 13.2. The molecule has 0 saturated heterocycles. The molecule has 9 nitrogen and oxygen atoms in total. The van der Waals surface area contributed by atoms with Crippen molar-refractivity contribution in [3.8, 4) is 0 Å². The first-order valence-electron chi connectivity index (χ1n) is 9.80. The van der Waals surface area contributed by atoms with Crippen LogP contribution in [0.25, 0.3) is 5.70 Å². The molecule has 1 aliphatic rings. The molecule has 1 atom stereocenters. The summed E-state index contributed by atoms with van der Waals surface area (Å²) in [4.78, 5) is 28.2. The van der Waals surface area contributed by atoms with E-state index in [9.17, 15) is 18.0 Å². The maximum absolute atomic E-state index is 13.3. The summed E-state index contributed by atoms with van der Waals surface area (Å²) in [7, 11) is -3.89. The van der Waals surface area contributed by atoms with Gasteiger partial charge in [0.05, 0.1) is 22.4 Å². The average Bonchev–Trinajstić information content (AvgIpc) is 2.74. The summed E-state index contributed by atoms with van der Waals surface area (Å²) in [6.07, 6.45) is 0.522. The number of nitrogens with one attached hydrogen (secondary N) is 1. The van der Waals surface area contributed by atoms with Crippen LogP contribution in [-0.4, -0.2) is 37.8 Å². The number of hydrogen-bond donors (Lipinski definition) is 3. The lowest BCUT2D eigenvalue weighted by atomic mass is 9.95. The number of sulfone groups is 1. The molecule has 0 fully saturated rings. The van der Waals surface area contributed by atoms with Crippen molar-refractivity contribution in [2.75, 3.05) is 12.3 Å². The van der Waals surface area contributed by atoms with Crippen molar-refractivity contribution in [2.45, 2.75) is 30.5 Å². The van der Waals surface area contributed by atoms with Crippen LogP contribution in [0.5, 0.6) is 0 Å². The van der Waals surface area contributed by atoms with E-state index in [1.807, 2.05) is 0 Å². The Bertz CT molecular complexity index is 1310. The third kappa shape index (κ3) is 4.22. The molecule has 10 heteroatoms. The van der Waals surface area contributed by atoms with E-state index < -0.39 is 21.1 Å². The highest BCUT2D eigenvalue weighted by molar-refractivity contribution is 7.90. The van der Waals surface area contributed by atoms with Gasteiger partial charge in [-0.05, 0) is 31.1 Å². The second-order valence-electron chi connectivity index (χ2n) is 7.49. The Morgan fingerprint density at radius 1 is 1.25 bits per heavy atom. The molecule has 0 radical (unpaired) electrons. The number of aromatic nitrogens is 1. The van der Waals surface area contributed by atoms with Gasteiger partial charge in [0.15, 0.2) is 9.84 Å². The minimum Gasteiger partial charge on any atom is -0.393 e. The predicted octanol–water partition coefficient (Wildman–Crippen LogP) is 0.985. The second-order valence-corrected chi connectivity index (χ2v) is 9.45. The second kappa shape index (κ2) is 8.83. The van der Waals surface area contributed by atoms with Gasteiger partial charge >= 0.3 is 0 Å². The standard InChI is InChI=1S/C22H25N5O4S/c1-13-9-18(32(30,31)11-16-7-5-4-6-8-16)19(23)22(29)27(13)20-17(10-25-12-28)14(2)15(3)26-21(20)24/h4-9,12,15H,2,10-11,23H2,1,3H3,(H2,24,26)(H,25,28). The Hall–Kier alpha value is -3.66. The van der Waals surface area contributed by atoms with Crippen molar-refractivity contribution in [2.24, 2.45) is 10.7 Å². The molecule has 1 aromatic heterocycles. The molecule has 3 rings (SSSR count). The monoisotopic (exact) mass is 455 g/mol. The molecule has 32 heavy (non-hydrogen) atoms. The van der Waals surface area contributed by atoms with Crippen LogP contribution in [0.4, 0.5) is 5.69 Å². The minimum absolute atomic E-state index is 0.0668. The topological polar surface area (TPSA) is 150 Å². The summed E-state index contributed by atoms with van der Waals surface area (Å²) in [6, 6.07) is 9.62. The Balaban J connectivity index is 2.20. The number of nitrogens with two attached hydrogens (primary N) is 2. The number of amidine groups is 1. The zero-order valence-corrected chi connectivity index (χ0v) is 18.6. The van der Waals surface area contributed by atoms with Crippen molar-refractivity contribution in [1.82, 2.24) is 9.88 Å². The van der Waals surface area contributed by atoms with E-state index in [4.69, 9.17) is 11.5 Å². The van der Waals surface area contributed by atoms with E-state index in [0.29, 0.717) is 28.8 Å². The van der Waals surface area contributed by atoms with Crippen LogP contribution in [0.3, 0.4) is 0 Å². The van der Waals surface area contributed by atoms with Gasteiger partial charge in [-0.15, -0.1) is 0 Å². The predicted molar refractivity (Wildman–Crippen MR) is 125 cm³/mol. The number of aliphatic imine (C=N–C) groups is 1. The van der Waals surface area contributed by atoms with Gasteiger partial charge in [-0.25, -0.2) is 8.42 Å².